The van der Waals surface area contributed by atoms with Gasteiger partial charge in [0.2, 0.25) is 10.0 Å². The molecule has 1 amide bonds. The van der Waals surface area contributed by atoms with E-state index in [1.807, 2.05) is 32.0 Å². The highest BCUT2D eigenvalue weighted by Crippen LogP contribution is 2.22. The number of aryl methyl sites for hydroxylation is 1. The number of nitrogens with zero attached hydrogens (tertiary/aromatic N) is 2. The molecule has 2 aromatic rings. The molecule has 0 aliphatic carbocycles. The van der Waals surface area contributed by atoms with Gasteiger partial charge in [-0.1, -0.05) is 28.1 Å². The molecule has 0 saturated carbocycles. The topological polar surface area (TPSA) is 66.9 Å². The number of carbonyl (C=O) groups excluding carboxylic acids is 1. The molecule has 28 heavy (non-hydrogen) atoms. The van der Waals surface area contributed by atoms with Crippen molar-refractivity contribution in [3.63, 3.8) is 0 Å². The van der Waals surface area contributed by atoms with Crippen molar-refractivity contribution < 1.29 is 17.9 Å². The summed E-state index contributed by atoms with van der Waals surface area (Å²) in [6.07, 6.45) is 0. The molecule has 1 saturated heterocycles. The Morgan fingerprint density at radius 1 is 1.04 bits per heavy atom. The van der Waals surface area contributed by atoms with Gasteiger partial charge in [-0.25, -0.2) is 8.42 Å². The number of amides is 1. The first-order valence-electron chi connectivity index (χ1n) is 9.01. The Balaban J connectivity index is 1.56. The van der Waals surface area contributed by atoms with Crippen LogP contribution < -0.4 is 4.74 Å². The van der Waals surface area contributed by atoms with E-state index >= 15 is 0 Å². The molecule has 0 aromatic heterocycles. The number of carbonyl (C=O) groups is 1. The van der Waals surface area contributed by atoms with E-state index < -0.39 is 10.0 Å². The summed E-state index contributed by atoms with van der Waals surface area (Å²) in [5.74, 6) is 0.561. The number of sulfonamides is 1. The fraction of sp³-hybridized carbons (Fsp3) is 0.350. The van der Waals surface area contributed by atoms with E-state index in [4.69, 9.17) is 4.74 Å². The summed E-state index contributed by atoms with van der Waals surface area (Å²) in [5, 5.41) is 0. The summed E-state index contributed by atoms with van der Waals surface area (Å²) in [5.41, 5.74) is 2.12. The van der Waals surface area contributed by atoms with Crippen LogP contribution in [0.5, 0.6) is 5.75 Å². The second kappa shape index (κ2) is 8.63. The second-order valence-electron chi connectivity index (χ2n) is 6.73. The van der Waals surface area contributed by atoms with Crippen molar-refractivity contribution in [1.29, 1.82) is 0 Å². The Kier molecular flexibility index (Phi) is 6.42. The van der Waals surface area contributed by atoms with Crippen molar-refractivity contribution in [1.82, 2.24) is 9.21 Å². The molecule has 2 aromatic carbocycles. The Labute approximate surface area is 174 Å². The molecular weight excluding hydrogens is 444 g/mol. The first-order valence-corrected chi connectivity index (χ1v) is 11.2. The van der Waals surface area contributed by atoms with Crippen molar-refractivity contribution >= 4 is 31.9 Å². The standard InChI is InChI=1S/C20H23BrN2O4S/c1-15-4-3-5-19(16(15)2)27-14-20(24)22-10-12-23(13-11-22)28(25,26)18-8-6-17(21)7-9-18/h3-9H,10-14H2,1-2H3. The van der Waals surface area contributed by atoms with E-state index in [2.05, 4.69) is 15.9 Å². The molecule has 0 atom stereocenters. The lowest BCUT2D eigenvalue weighted by Crippen LogP contribution is -2.51. The van der Waals surface area contributed by atoms with Gasteiger partial charge in [-0.05, 0) is 55.3 Å². The maximum atomic E-state index is 12.7. The Hall–Kier alpha value is -1.90. The second-order valence-corrected chi connectivity index (χ2v) is 9.58. The van der Waals surface area contributed by atoms with Crippen LogP contribution in [0.15, 0.2) is 51.8 Å². The van der Waals surface area contributed by atoms with Gasteiger partial charge in [-0.3, -0.25) is 4.79 Å². The average Bonchev–Trinajstić information content (AvgIpc) is 2.69. The van der Waals surface area contributed by atoms with Crippen LogP contribution in [0.4, 0.5) is 0 Å². The maximum absolute atomic E-state index is 12.7. The molecule has 150 valence electrons. The van der Waals surface area contributed by atoms with Crippen LogP contribution >= 0.6 is 15.9 Å². The van der Waals surface area contributed by atoms with E-state index in [0.717, 1.165) is 15.6 Å². The fourth-order valence-electron chi connectivity index (χ4n) is 3.04. The minimum absolute atomic E-state index is 0.0518. The summed E-state index contributed by atoms with van der Waals surface area (Å²) < 4.78 is 33.4. The summed E-state index contributed by atoms with van der Waals surface area (Å²) in [6, 6.07) is 12.3. The summed E-state index contributed by atoms with van der Waals surface area (Å²) in [4.78, 5) is 14.4. The largest absolute Gasteiger partial charge is 0.483 e. The smallest absolute Gasteiger partial charge is 0.260 e. The first kappa shape index (κ1) is 20.8. The van der Waals surface area contributed by atoms with Gasteiger partial charge in [0.25, 0.3) is 5.91 Å². The van der Waals surface area contributed by atoms with E-state index in [9.17, 15) is 13.2 Å². The molecule has 0 radical (unpaired) electrons. The van der Waals surface area contributed by atoms with Gasteiger partial charge in [-0.15, -0.1) is 0 Å². The number of halogens is 1. The van der Waals surface area contributed by atoms with Gasteiger partial charge < -0.3 is 9.64 Å². The predicted octanol–water partition coefficient (Wildman–Crippen LogP) is 2.98. The lowest BCUT2D eigenvalue weighted by Gasteiger charge is -2.34. The molecule has 1 heterocycles. The molecule has 1 fully saturated rings. The van der Waals surface area contributed by atoms with Gasteiger partial charge in [0.15, 0.2) is 6.61 Å². The number of piperazine rings is 1. The molecule has 1 aliphatic rings. The molecule has 8 heteroatoms. The van der Waals surface area contributed by atoms with Crippen molar-refractivity contribution in [2.24, 2.45) is 0 Å². The SMILES string of the molecule is Cc1cccc(OCC(=O)N2CCN(S(=O)(=O)c3ccc(Br)cc3)CC2)c1C. The highest BCUT2D eigenvalue weighted by Gasteiger charge is 2.30. The Morgan fingerprint density at radius 3 is 2.32 bits per heavy atom. The van der Waals surface area contributed by atoms with Crippen LogP contribution in [0.1, 0.15) is 11.1 Å². The van der Waals surface area contributed by atoms with E-state index in [0.29, 0.717) is 18.8 Å². The Bertz CT molecular complexity index is 953. The average molecular weight is 467 g/mol. The lowest BCUT2D eigenvalue weighted by molar-refractivity contribution is -0.134. The number of benzene rings is 2. The quantitative estimate of drug-likeness (QED) is 0.679. The zero-order chi connectivity index (χ0) is 20.3. The zero-order valence-corrected chi connectivity index (χ0v) is 18.3. The normalized spacial score (nSPS) is 15.5. The van der Waals surface area contributed by atoms with E-state index in [-0.39, 0.29) is 30.5 Å². The molecular formula is C20H23BrN2O4S. The van der Waals surface area contributed by atoms with E-state index in [1.54, 1.807) is 29.2 Å². The van der Waals surface area contributed by atoms with Gasteiger partial charge in [0.05, 0.1) is 4.90 Å². The van der Waals surface area contributed by atoms with Gasteiger partial charge in [-0.2, -0.15) is 4.31 Å². The number of hydrogen-bond donors (Lipinski definition) is 0. The highest BCUT2D eigenvalue weighted by atomic mass is 79.9. The van der Waals surface area contributed by atoms with Crippen molar-refractivity contribution in [2.45, 2.75) is 18.7 Å². The lowest BCUT2D eigenvalue weighted by atomic mass is 10.1. The molecule has 6 nitrogen and oxygen atoms in total. The van der Waals surface area contributed by atoms with Gasteiger partial charge in [0, 0.05) is 30.7 Å². The molecule has 0 spiro atoms. The van der Waals surface area contributed by atoms with E-state index in [1.165, 1.54) is 4.31 Å². The fourth-order valence-corrected chi connectivity index (χ4v) is 4.73. The minimum Gasteiger partial charge on any atom is -0.483 e. The summed E-state index contributed by atoms with van der Waals surface area (Å²) in [6.45, 7) is 5.15. The Morgan fingerprint density at radius 2 is 1.68 bits per heavy atom. The number of hydrogen-bond acceptors (Lipinski definition) is 4. The zero-order valence-electron chi connectivity index (χ0n) is 15.9. The minimum atomic E-state index is -3.55. The number of ether oxygens (including phenoxy) is 1. The van der Waals surface area contributed by atoms with Crippen molar-refractivity contribution in [3.05, 3.63) is 58.1 Å². The third kappa shape index (κ3) is 4.56. The van der Waals surface area contributed by atoms with Crippen LogP contribution in [0.3, 0.4) is 0 Å². The third-order valence-corrected chi connectivity index (χ3v) is 7.39. The molecule has 0 N–H and O–H groups in total. The van der Waals surface area contributed by atoms with Crippen molar-refractivity contribution in [2.75, 3.05) is 32.8 Å². The maximum Gasteiger partial charge on any atom is 0.260 e. The van der Waals surface area contributed by atoms with Crippen LogP contribution in [0, 0.1) is 13.8 Å². The van der Waals surface area contributed by atoms with Crippen LogP contribution in [-0.4, -0.2) is 56.3 Å². The highest BCUT2D eigenvalue weighted by molar-refractivity contribution is 9.10. The van der Waals surface area contributed by atoms with Gasteiger partial charge in [0.1, 0.15) is 5.75 Å². The predicted molar refractivity (Wildman–Crippen MR) is 111 cm³/mol. The molecule has 3 rings (SSSR count). The first-order chi connectivity index (χ1) is 13.3. The molecule has 0 unspecified atom stereocenters. The van der Waals surface area contributed by atoms with Crippen LogP contribution in [-0.2, 0) is 14.8 Å². The third-order valence-electron chi connectivity index (χ3n) is 4.95. The van der Waals surface area contributed by atoms with Crippen LogP contribution in [0.2, 0.25) is 0 Å². The van der Waals surface area contributed by atoms with Crippen molar-refractivity contribution in [3.8, 4) is 5.75 Å². The monoisotopic (exact) mass is 466 g/mol. The van der Waals surface area contributed by atoms with Gasteiger partial charge >= 0.3 is 0 Å². The van der Waals surface area contributed by atoms with Crippen LogP contribution in [0.25, 0.3) is 0 Å². The molecule has 0 bridgehead atoms. The summed E-state index contributed by atoms with van der Waals surface area (Å²) in [7, 11) is -3.55. The molecule has 1 aliphatic heterocycles. The number of rotatable bonds is 5. The summed E-state index contributed by atoms with van der Waals surface area (Å²) >= 11 is 3.31.